The maximum absolute atomic E-state index is 13.5. The van der Waals surface area contributed by atoms with Crippen LogP contribution in [-0.2, 0) is 26.2 Å². The number of hydrogen-bond donors (Lipinski definition) is 1. The molecule has 0 bridgehead atoms. The average molecular weight is 555 g/mol. The molecule has 0 radical (unpaired) electrons. The fraction of sp³-hybridized carbons (Fsp3) is 0.417. The second-order valence-electron chi connectivity index (χ2n) is 8.43. The van der Waals surface area contributed by atoms with Crippen LogP contribution in [0, 0.1) is 5.92 Å². The number of sulfonamides is 1. The Morgan fingerprint density at radius 3 is 2.29 bits per heavy atom. The second-order valence-corrected chi connectivity index (χ2v) is 11.3. The molecule has 0 unspecified atom stereocenters. The first-order chi connectivity index (χ1) is 15.9. The number of carbonyl (C=O) groups is 2. The fourth-order valence-electron chi connectivity index (χ4n) is 3.20. The standard InChI is InChI=1S/C24H32BrN3O5S/c1-17(2)14-26-24(30)18(3)27(15-19-9-11-20(25)12-10-19)23(29)16-28(34(5,31)32)21-7-6-8-22(13-21)33-4/h6-13,17-18H,14-16H2,1-5H3,(H,26,30)/t18-/m1/s1. The van der Waals surface area contributed by atoms with Crippen molar-refractivity contribution >= 4 is 43.5 Å². The van der Waals surface area contributed by atoms with Crippen LogP contribution in [0.25, 0.3) is 0 Å². The topological polar surface area (TPSA) is 96.0 Å². The van der Waals surface area contributed by atoms with E-state index in [4.69, 9.17) is 4.74 Å². The smallest absolute Gasteiger partial charge is 0.244 e. The lowest BCUT2D eigenvalue weighted by Gasteiger charge is -2.31. The minimum atomic E-state index is -3.79. The second kappa shape index (κ2) is 12.2. The van der Waals surface area contributed by atoms with Gasteiger partial charge in [-0.25, -0.2) is 8.42 Å². The van der Waals surface area contributed by atoms with Crippen molar-refractivity contribution < 1.29 is 22.7 Å². The van der Waals surface area contributed by atoms with Gasteiger partial charge in [-0.1, -0.05) is 48.0 Å². The Balaban J connectivity index is 2.37. The van der Waals surface area contributed by atoms with Crippen LogP contribution in [0.2, 0.25) is 0 Å². The van der Waals surface area contributed by atoms with E-state index in [9.17, 15) is 18.0 Å². The average Bonchev–Trinajstić information content (AvgIpc) is 2.79. The minimum absolute atomic E-state index is 0.151. The summed E-state index contributed by atoms with van der Waals surface area (Å²) in [6, 6.07) is 13.1. The van der Waals surface area contributed by atoms with E-state index in [1.54, 1.807) is 31.2 Å². The quantitative estimate of drug-likeness (QED) is 0.460. The summed E-state index contributed by atoms with van der Waals surface area (Å²) in [7, 11) is -2.32. The zero-order chi connectivity index (χ0) is 25.5. The summed E-state index contributed by atoms with van der Waals surface area (Å²) < 4.78 is 32.3. The lowest BCUT2D eigenvalue weighted by Crippen LogP contribution is -2.51. The lowest BCUT2D eigenvalue weighted by molar-refractivity contribution is -0.139. The van der Waals surface area contributed by atoms with Gasteiger partial charge in [-0.05, 0) is 42.7 Å². The van der Waals surface area contributed by atoms with Crippen LogP contribution in [-0.4, -0.2) is 57.6 Å². The summed E-state index contributed by atoms with van der Waals surface area (Å²) in [6.45, 7) is 5.77. The largest absolute Gasteiger partial charge is 0.497 e. The highest BCUT2D eigenvalue weighted by Crippen LogP contribution is 2.24. The van der Waals surface area contributed by atoms with Crippen LogP contribution in [0.3, 0.4) is 0 Å². The molecule has 2 aromatic carbocycles. The van der Waals surface area contributed by atoms with Gasteiger partial charge in [0.15, 0.2) is 0 Å². The van der Waals surface area contributed by atoms with Gasteiger partial charge in [0.25, 0.3) is 0 Å². The van der Waals surface area contributed by atoms with E-state index in [1.165, 1.54) is 12.0 Å². The number of ether oxygens (including phenoxy) is 1. The number of nitrogens with one attached hydrogen (secondary N) is 1. The summed E-state index contributed by atoms with van der Waals surface area (Å²) >= 11 is 3.39. The molecular weight excluding hydrogens is 522 g/mol. The molecule has 1 atom stereocenters. The third-order valence-electron chi connectivity index (χ3n) is 5.14. The van der Waals surface area contributed by atoms with Gasteiger partial charge < -0.3 is 15.0 Å². The van der Waals surface area contributed by atoms with Gasteiger partial charge in [0.1, 0.15) is 18.3 Å². The highest BCUT2D eigenvalue weighted by molar-refractivity contribution is 9.10. The van der Waals surface area contributed by atoms with Crippen molar-refractivity contribution in [2.24, 2.45) is 5.92 Å². The van der Waals surface area contributed by atoms with Crippen molar-refractivity contribution in [3.05, 3.63) is 58.6 Å². The molecule has 0 saturated carbocycles. The van der Waals surface area contributed by atoms with Gasteiger partial charge in [0.05, 0.1) is 19.1 Å². The van der Waals surface area contributed by atoms with Crippen LogP contribution in [0.4, 0.5) is 5.69 Å². The summed E-state index contributed by atoms with van der Waals surface area (Å²) in [5, 5.41) is 2.85. The normalized spacial score (nSPS) is 12.2. The molecule has 2 aromatic rings. The van der Waals surface area contributed by atoms with Crippen molar-refractivity contribution in [3.8, 4) is 5.75 Å². The van der Waals surface area contributed by atoms with Crippen molar-refractivity contribution in [3.63, 3.8) is 0 Å². The van der Waals surface area contributed by atoms with E-state index in [2.05, 4.69) is 21.2 Å². The molecule has 0 aliphatic carbocycles. The van der Waals surface area contributed by atoms with E-state index >= 15 is 0 Å². The summed E-state index contributed by atoms with van der Waals surface area (Å²) in [4.78, 5) is 27.7. The van der Waals surface area contributed by atoms with Crippen LogP contribution in [0.15, 0.2) is 53.0 Å². The third kappa shape index (κ3) is 8.02. The molecule has 0 fully saturated rings. The zero-order valence-corrected chi connectivity index (χ0v) is 22.5. The van der Waals surface area contributed by atoms with Crippen molar-refractivity contribution in [2.45, 2.75) is 33.4 Å². The van der Waals surface area contributed by atoms with Gasteiger partial charge in [-0.2, -0.15) is 0 Å². The molecule has 8 nitrogen and oxygen atoms in total. The fourth-order valence-corrected chi connectivity index (χ4v) is 4.31. The summed E-state index contributed by atoms with van der Waals surface area (Å²) in [5.41, 5.74) is 1.11. The number of hydrogen-bond acceptors (Lipinski definition) is 5. The van der Waals surface area contributed by atoms with Crippen LogP contribution in [0.5, 0.6) is 5.75 Å². The van der Waals surface area contributed by atoms with Crippen molar-refractivity contribution in [2.75, 3.05) is 30.8 Å². The number of rotatable bonds is 11. The Morgan fingerprint density at radius 2 is 1.74 bits per heavy atom. The van der Waals surface area contributed by atoms with E-state index in [1.807, 2.05) is 38.1 Å². The number of nitrogens with zero attached hydrogens (tertiary/aromatic N) is 2. The monoisotopic (exact) mass is 553 g/mol. The summed E-state index contributed by atoms with van der Waals surface area (Å²) in [6.07, 6.45) is 1.04. The molecule has 186 valence electrons. The van der Waals surface area contributed by atoms with Crippen molar-refractivity contribution in [1.82, 2.24) is 10.2 Å². The van der Waals surface area contributed by atoms with Crippen LogP contribution < -0.4 is 14.4 Å². The highest BCUT2D eigenvalue weighted by Gasteiger charge is 2.30. The Morgan fingerprint density at radius 1 is 1.09 bits per heavy atom. The Hall–Kier alpha value is -2.59. The number of carbonyl (C=O) groups excluding carboxylic acids is 2. The van der Waals surface area contributed by atoms with Crippen LogP contribution >= 0.6 is 15.9 Å². The molecule has 0 spiro atoms. The maximum Gasteiger partial charge on any atom is 0.244 e. The van der Waals surface area contributed by atoms with E-state index in [-0.39, 0.29) is 18.4 Å². The van der Waals surface area contributed by atoms with E-state index in [0.29, 0.717) is 18.0 Å². The van der Waals surface area contributed by atoms with Gasteiger partial charge in [0, 0.05) is 23.6 Å². The number of amides is 2. The third-order valence-corrected chi connectivity index (χ3v) is 6.81. The molecule has 0 heterocycles. The van der Waals surface area contributed by atoms with E-state index in [0.717, 1.165) is 20.6 Å². The van der Waals surface area contributed by atoms with Gasteiger partial charge in [0.2, 0.25) is 21.8 Å². The summed E-state index contributed by atoms with van der Waals surface area (Å²) in [5.74, 6) is -0.0814. The van der Waals surface area contributed by atoms with Crippen LogP contribution in [0.1, 0.15) is 26.3 Å². The molecule has 0 aliphatic rings. The SMILES string of the molecule is COc1cccc(N(CC(=O)N(Cc2ccc(Br)cc2)[C@H](C)C(=O)NCC(C)C)S(C)(=O)=O)c1. The Labute approximate surface area is 210 Å². The maximum atomic E-state index is 13.5. The van der Waals surface area contributed by atoms with Crippen molar-refractivity contribution in [1.29, 1.82) is 0 Å². The number of methoxy groups -OCH3 is 1. The first-order valence-corrected chi connectivity index (χ1v) is 13.5. The number of anilines is 1. The van der Waals surface area contributed by atoms with Gasteiger partial charge >= 0.3 is 0 Å². The molecule has 0 aromatic heterocycles. The van der Waals surface area contributed by atoms with Gasteiger partial charge in [-0.3, -0.25) is 13.9 Å². The zero-order valence-electron chi connectivity index (χ0n) is 20.1. The Bertz CT molecular complexity index is 1090. The molecular formula is C24H32BrN3O5S. The first kappa shape index (κ1) is 27.7. The first-order valence-electron chi connectivity index (χ1n) is 10.9. The molecule has 2 amide bonds. The molecule has 34 heavy (non-hydrogen) atoms. The molecule has 0 aliphatic heterocycles. The molecule has 2 rings (SSSR count). The molecule has 10 heteroatoms. The predicted molar refractivity (Wildman–Crippen MR) is 137 cm³/mol. The number of halogens is 1. The number of benzene rings is 2. The lowest BCUT2D eigenvalue weighted by atomic mass is 10.1. The minimum Gasteiger partial charge on any atom is -0.497 e. The van der Waals surface area contributed by atoms with E-state index < -0.39 is 28.5 Å². The van der Waals surface area contributed by atoms with Gasteiger partial charge in [-0.15, -0.1) is 0 Å². The predicted octanol–water partition coefficient (Wildman–Crippen LogP) is 3.41. The molecule has 1 N–H and O–H groups in total. The molecule has 0 saturated heterocycles. The Kier molecular flexibility index (Phi) is 9.93. The highest BCUT2D eigenvalue weighted by atomic mass is 79.9.